The predicted molar refractivity (Wildman–Crippen MR) is 206 cm³/mol. The van der Waals surface area contributed by atoms with Crippen LogP contribution in [-0.4, -0.2) is 93.1 Å². The van der Waals surface area contributed by atoms with Gasteiger partial charge in [-0.3, -0.25) is 9.59 Å². The number of aromatic amines is 2. The summed E-state index contributed by atoms with van der Waals surface area (Å²) in [5.74, 6) is 7.37. The molecule has 2 aromatic carbocycles. The van der Waals surface area contributed by atoms with Gasteiger partial charge in [0.1, 0.15) is 23.7 Å². The standard InChI is InChI=1S/C41H50N8O6/c1-24(2)33(46-39(52)54-6)36(50)48-20-8-10-32(48)35-42-23-31(43-35)28-16-13-26(14-17-28)11-12-27-15-18-29-30(22-27)45-38(44-29)41(5)19-9-21-49(41)37(51)34(25(3)4)47-40(53)55-7/h13-18,22-25,32-34H,8-10,19-21H2,1-7H3,(H,42,43)(H,44,45)(H,46,52)(H,47,53)/t32-,33-,34-,41-/m0/s1. The van der Waals surface area contributed by atoms with Gasteiger partial charge in [-0.2, -0.15) is 0 Å². The van der Waals surface area contributed by atoms with Crippen molar-refractivity contribution in [2.45, 2.75) is 84.0 Å². The highest BCUT2D eigenvalue weighted by atomic mass is 16.5. The molecule has 14 heteroatoms. The summed E-state index contributed by atoms with van der Waals surface area (Å²) in [7, 11) is 2.57. The zero-order chi connectivity index (χ0) is 39.4. The first-order chi connectivity index (χ1) is 26.3. The fourth-order valence-corrected chi connectivity index (χ4v) is 7.50. The lowest BCUT2D eigenvalue weighted by molar-refractivity contribution is -0.138. The topological polar surface area (TPSA) is 175 Å². The van der Waals surface area contributed by atoms with Crippen molar-refractivity contribution >= 4 is 35.0 Å². The smallest absolute Gasteiger partial charge is 0.407 e. The molecule has 0 radical (unpaired) electrons. The molecule has 0 spiro atoms. The largest absolute Gasteiger partial charge is 0.453 e. The predicted octanol–water partition coefficient (Wildman–Crippen LogP) is 5.62. The summed E-state index contributed by atoms with van der Waals surface area (Å²) in [6.45, 7) is 10.7. The van der Waals surface area contributed by atoms with Crippen LogP contribution >= 0.6 is 0 Å². The SMILES string of the molecule is COC(=O)N[C@H](C(=O)N1CCC[C@H]1c1ncc(-c2ccc(C#Cc3ccc4nc([C@]5(C)CCCN5C(=O)[C@@H](NC(=O)OC)C(C)C)[nH]c4c3)cc2)[nH]1)C(C)C. The summed E-state index contributed by atoms with van der Waals surface area (Å²) in [5, 5.41) is 5.39. The maximum atomic E-state index is 13.7. The molecule has 2 aliphatic heterocycles. The van der Waals surface area contributed by atoms with Gasteiger partial charge in [-0.15, -0.1) is 0 Å². The molecule has 6 rings (SSSR count). The number of nitrogens with one attached hydrogen (secondary N) is 4. The van der Waals surface area contributed by atoms with E-state index in [9.17, 15) is 19.2 Å². The lowest BCUT2D eigenvalue weighted by Crippen LogP contribution is -2.55. The van der Waals surface area contributed by atoms with E-state index in [0.29, 0.717) is 24.7 Å². The number of fused-ring (bicyclic) bond motifs is 1. The Morgan fingerprint density at radius 3 is 2.15 bits per heavy atom. The number of carbonyl (C=O) groups is 4. The van der Waals surface area contributed by atoms with Gasteiger partial charge >= 0.3 is 12.2 Å². The van der Waals surface area contributed by atoms with Crippen LogP contribution in [-0.2, 0) is 24.6 Å². The summed E-state index contributed by atoms with van der Waals surface area (Å²) in [6.07, 6.45) is 3.67. The molecule has 2 aromatic heterocycles. The van der Waals surface area contributed by atoms with Crippen LogP contribution in [0.25, 0.3) is 22.3 Å². The van der Waals surface area contributed by atoms with Crippen molar-refractivity contribution in [3.63, 3.8) is 0 Å². The van der Waals surface area contributed by atoms with Gasteiger partial charge in [-0.25, -0.2) is 19.6 Å². The number of imidazole rings is 2. The highest BCUT2D eigenvalue weighted by molar-refractivity contribution is 5.87. The Hall–Kier alpha value is -5.84. The van der Waals surface area contributed by atoms with Crippen LogP contribution in [0.5, 0.6) is 0 Å². The van der Waals surface area contributed by atoms with Crippen LogP contribution in [0.15, 0.2) is 48.7 Å². The number of carbonyl (C=O) groups excluding carboxylic acids is 4. The Morgan fingerprint density at radius 1 is 0.855 bits per heavy atom. The van der Waals surface area contributed by atoms with Gasteiger partial charge in [0.25, 0.3) is 0 Å². The number of nitrogens with zero attached hydrogens (tertiary/aromatic N) is 4. The molecule has 0 unspecified atom stereocenters. The van der Waals surface area contributed by atoms with Crippen LogP contribution in [0.1, 0.15) is 89.1 Å². The molecule has 290 valence electrons. The van der Waals surface area contributed by atoms with Crippen molar-refractivity contribution in [2.24, 2.45) is 11.8 Å². The molecular formula is C41H50N8O6. The monoisotopic (exact) mass is 750 g/mol. The van der Waals surface area contributed by atoms with E-state index in [1.165, 1.54) is 14.2 Å². The first-order valence-electron chi connectivity index (χ1n) is 18.8. The number of aromatic nitrogens is 4. The molecule has 2 fully saturated rings. The fraction of sp³-hybridized carbons (Fsp3) is 0.463. The van der Waals surface area contributed by atoms with Crippen molar-refractivity contribution in [2.75, 3.05) is 27.3 Å². The molecule has 0 bridgehead atoms. The van der Waals surface area contributed by atoms with Crippen LogP contribution in [0, 0.1) is 23.7 Å². The third kappa shape index (κ3) is 8.16. The highest BCUT2D eigenvalue weighted by Gasteiger charge is 2.46. The molecule has 14 nitrogen and oxygen atoms in total. The Labute approximate surface area is 321 Å². The minimum atomic E-state index is -0.718. The Morgan fingerprint density at radius 2 is 1.49 bits per heavy atom. The second-order valence-corrected chi connectivity index (χ2v) is 15.1. The molecule has 4 N–H and O–H groups in total. The van der Waals surface area contributed by atoms with E-state index in [0.717, 1.165) is 59.1 Å². The van der Waals surface area contributed by atoms with E-state index in [4.69, 9.17) is 14.5 Å². The van der Waals surface area contributed by atoms with E-state index < -0.39 is 29.8 Å². The number of hydrogen-bond acceptors (Lipinski definition) is 8. The first-order valence-corrected chi connectivity index (χ1v) is 18.8. The zero-order valence-electron chi connectivity index (χ0n) is 32.5. The average molecular weight is 751 g/mol. The van der Waals surface area contributed by atoms with Gasteiger partial charge < -0.3 is 39.9 Å². The van der Waals surface area contributed by atoms with Crippen LogP contribution in [0.4, 0.5) is 9.59 Å². The second kappa shape index (κ2) is 16.3. The van der Waals surface area contributed by atoms with Crippen molar-refractivity contribution in [3.05, 3.63) is 71.4 Å². The van der Waals surface area contributed by atoms with Gasteiger partial charge in [0.15, 0.2) is 0 Å². The number of benzene rings is 2. The van der Waals surface area contributed by atoms with Gasteiger partial charge in [0.2, 0.25) is 11.8 Å². The molecule has 2 aliphatic rings. The Kier molecular flexibility index (Phi) is 11.5. The van der Waals surface area contributed by atoms with Gasteiger partial charge in [-0.1, -0.05) is 51.7 Å². The second-order valence-electron chi connectivity index (χ2n) is 15.1. The lowest BCUT2D eigenvalue weighted by Gasteiger charge is -2.37. The van der Waals surface area contributed by atoms with E-state index in [-0.39, 0.29) is 29.7 Å². The van der Waals surface area contributed by atoms with Crippen molar-refractivity contribution < 1.29 is 28.7 Å². The summed E-state index contributed by atoms with van der Waals surface area (Å²) in [5.41, 5.74) is 4.35. The number of hydrogen-bond donors (Lipinski definition) is 4. The number of likely N-dealkylation sites (tertiary alicyclic amines) is 2. The molecular weight excluding hydrogens is 701 g/mol. The van der Waals surface area contributed by atoms with Crippen LogP contribution < -0.4 is 10.6 Å². The summed E-state index contributed by atoms with van der Waals surface area (Å²) < 4.78 is 9.52. The number of alkyl carbamates (subject to hydrolysis) is 2. The summed E-state index contributed by atoms with van der Waals surface area (Å²) in [6, 6.07) is 12.1. The molecule has 4 heterocycles. The quantitative estimate of drug-likeness (QED) is 0.160. The number of ether oxygens (including phenoxy) is 2. The van der Waals surface area contributed by atoms with E-state index in [1.54, 1.807) is 11.1 Å². The number of rotatable bonds is 9. The van der Waals surface area contributed by atoms with Crippen molar-refractivity contribution in [1.82, 2.24) is 40.4 Å². The molecule has 0 aliphatic carbocycles. The number of H-pyrrole nitrogens is 2. The third-order valence-electron chi connectivity index (χ3n) is 10.7. The average Bonchev–Trinajstić information content (AvgIpc) is 4.00. The molecule has 4 amide bonds. The van der Waals surface area contributed by atoms with Crippen molar-refractivity contribution in [1.29, 1.82) is 0 Å². The van der Waals surface area contributed by atoms with Crippen LogP contribution in [0.2, 0.25) is 0 Å². The Bertz CT molecular complexity index is 2110. The maximum absolute atomic E-state index is 13.7. The van der Waals surface area contributed by atoms with Gasteiger partial charge in [0, 0.05) is 24.2 Å². The third-order valence-corrected chi connectivity index (χ3v) is 10.7. The Balaban J connectivity index is 1.14. The van der Waals surface area contributed by atoms with Gasteiger partial charge in [0.05, 0.1) is 48.7 Å². The normalized spacial score (nSPS) is 19.3. The molecule has 2 saturated heterocycles. The summed E-state index contributed by atoms with van der Waals surface area (Å²) in [4.78, 5) is 71.2. The minimum absolute atomic E-state index is 0.110. The molecule has 4 aromatic rings. The van der Waals surface area contributed by atoms with E-state index in [2.05, 4.69) is 37.4 Å². The summed E-state index contributed by atoms with van der Waals surface area (Å²) >= 11 is 0. The maximum Gasteiger partial charge on any atom is 0.407 e. The number of methoxy groups -OCH3 is 2. The van der Waals surface area contributed by atoms with Gasteiger partial charge in [-0.05, 0) is 80.3 Å². The fourth-order valence-electron chi connectivity index (χ4n) is 7.50. The molecule has 55 heavy (non-hydrogen) atoms. The molecule has 4 atom stereocenters. The highest BCUT2D eigenvalue weighted by Crippen LogP contribution is 2.39. The van der Waals surface area contributed by atoms with Crippen LogP contribution in [0.3, 0.4) is 0 Å². The lowest BCUT2D eigenvalue weighted by atomic mass is 9.95. The minimum Gasteiger partial charge on any atom is -0.453 e. The molecule has 0 saturated carbocycles. The zero-order valence-corrected chi connectivity index (χ0v) is 32.5. The van der Waals surface area contributed by atoms with Crippen molar-refractivity contribution in [3.8, 4) is 23.1 Å². The number of amides is 4. The van der Waals surface area contributed by atoms with E-state index >= 15 is 0 Å². The van der Waals surface area contributed by atoms with E-state index in [1.807, 2.05) is 82.0 Å². The first kappa shape index (κ1) is 38.9.